The fourth-order valence-electron chi connectivity index (χ4n) is 1.75. The molecule has 0 bridgehead atoms. The lowest BCUT2D eigenvalue weighted by atomic mass is 10.1. The van der Waals surface area contributed by atoms with Crippen molar-refractivity contribution in [2.75, 3.05) is 18.5 Å². The number of amides is 1. The second kappa shape index (κ2) is 5.14. The highest BCUT2D eigenvalue weighted by atomic mass is 19.1. The number of ether oxygens (including phenoxy) is 1. The van der Waals surface area contributed by atoms with Crippen molar-refractivity contribution in [1.82, 2.24) is 0 Å². The zero-order chi connectivity index (χ0) is 13.1. The maximum absolute atomic E-state index is 13.4. The van der Waals surface area contributed by atoms with Crippen molar-refractivity contribution < 1.29 is 23.8 Å². The van der Waals surface area contributed by atoms with Gasteiger partial charge in [0.1, 0.15) is 5.82 Å². The van der Waals surface area contributed by atoms with Crippen molar-refractivity contribution in [2.24, 2.45) is 5.92 Å². The van der Waals surface area contributed by atoms with Crippen LogP contribution in [0.5, 0.6) is 0 Å². The first-order valence-electron chi connectivity index (χ1n) is 5.49. The van der Waals surface area contributed by atoms with Gasteiger partial charge in [-0.3, -0.25) is 4.79 Å². The normalized spacial score (nSPS) is 18.6. The predicted molar refractivity (Wildman–Crippen MR) is 60.9 cm³/mol. The van der Waals surface area contributed by atoms with Gasteiger partial charge in [-0.25, -0.2) is 9.18 Å². The third-order valence-corrected chi connectivity index (χ3v) is 2.77. The number of rotatable bonds is 3. The number of hydrogen-bond acceptors (Lipinski definition) is 3. The predicted octanol–water partition coefficient (Wildman–Crippen LogP) is 1.50. The van der Waals surface area contributed by atoms with Crippen molar-refractivity contribution in [3.63, 3.8) is 0 Å². The molecule has 1 saturated heterocycles. The van der Waals surface area contributed by atoms with Crippen LogP contribution in [0, 0.1) is 11.7 Å². The van der Waals surface area contributed by atoms with Gasteiger partial charge in [-0.05, 0) is 24.6 Å². The molecule has 1 amide bonds. The summed E-state index contributed by atoms with van der Waals surface area (Å²) in [7, 11) is 0. The van der Waals surface area contributed by atoms with Gasteiger partial charge in [0.2, 0.25) is 5.91 Å². The molecular weight excluding hydrogens is 241 g/mol. The van der Waals surface area contributed by atoms with E-state index in [2.05, 4.69) is 5.32 Å². The van der Waals surface area contributed by atoms with E-state index in [0.717, 1.165) is 12.1 Å². The molecule has 0 aliphatic carbocycles. The number of halogens is 1. The summed E-state index contributed by atoms with van der Waals surface area (Å²) in [5.74, 6) is -2.68. The number of aromatic carboxylic acids is 1. The number of hydrogen-bond donors (Lipinski definition) is 2. The number of carbonyl (C=O) groups excluding carboxylic acids is 1. The molecule has 1 aliphatic heterocycles. The zero-order valence-corrected chi connectivity index (χ0v) is 9.48. The van der Waals surface area contributed by atoms with Gasteiger partial charge in [0.05, 0.1) is 18.1 Å². The lowest BCUT2D eigenvalue weighted by molar-refractivity contribution is -0.119. The summed E-state index contributed by atoms with van der Waals surface area (Å²) in [6.45, 7) is 0.909. The van der Waals surface area contributed by atoms with Gasteiger partial charge in [0, 0.05) is 12.3 Å². The molecule has 0 aromatic heterocycles. The molecule has 6 heteroatoms. The van der Waals surface area contributed by atoms with E-state index in [1.165, 1.54) is 6.07 Å². The lowest BCUT2D eigenvalue weighted by Gasteiger charge is -2.09. The summed E-state index contributed by atoms with van der Waals surface area (Å²) in [5, 5.41) is 11.2. The van der Waals surface area contributed by atoms with Crippen LogP contribution in [0.25, 0.3) is 0 Å². The van der Waals surface area contributed by atoms with Crippen LogP contribution in [-0.2, 0) is 9.53 Å². The van der Waals surface area contributed by atoms with Gasteiger partial charge in [0.15, 0.2) is 0 Å². The lowest BCUT2D eigenvalue weighted by Crippen LogP contribution is -2.22. The Hall–Kier alpha value is -1.95. The topological polar surface area (TPSA) is 75.6 Å². The molecule has 5 nitrogen and oxygen atoms in total. The summed E-state index contributed by atoms with van der Waals surface area (Å²) in [6, 6.07) is 3.48. The first-order valence-corrected chi connectivity index (χ1v) is 5.49. The SMILES string of the molecule is O=C(O)c1ccc(NC(=O)C2CCOC2)cc1F. The van der Waals surface area contributed by atoms with E-state index >= 15 is 0 Å². The number of benzene rings is 1. The molecule has 2 N–H and O–H groups in total. The fraction of sp³-hybridized carbons (Fsp3) is 0.333. The van der Waals surface area contributed by atoms with Crippen LogP contribution in [0.3, 0.4) is 0 Å². The number of carboxylic acids is 1. The Morgan fingerprint density at radius 3 is 2.78 bits per heavy atom. The molecule has 2 rings (SSSR count). The van der Waals surface area contributed by atoms with E-state index in [1.807, 2.05) is 0 Å². The van der Waals surface area contributed by atoms with Crippen LogP contribution in [-0.4, -0.2) is 30.2 Å². The third-order valence-electron chi connectivity index (χ3n) is 2.77. The molecule has 1 fully saturated rings. The molecule has 0 spiro atoms. The molecule has 1 aliphatic rings. The Morgan fingerprint density at radius 1 is 1.44 bits per heavy atom. The van der Waals surface area contributed by atoms with E-state index in [4.69, 9.17) is 9.84 Å². The summed E-state index contributed by atoms with van der Waals surface area (Å²) >= 11 is 0. The fourth-order valence-corrected chi connectivity index (χ4v) is 1.75. The molecule has 1 aromatic rings. The Bertz CT molecular complexity index is 483. The Morgan fingerprint density at radius 2 is 2.22 bits per heavy atom. The molecule has 1 atom stereocenters. The highest BCUT2D eigenvalue weighted by Crippen LogP contribution is 2.18. The molecule has 18 heavy (non-hydrogen) atoms. The van der Waals surface area contributed by atoms with Crippen LogP contribution in [0.1, 0.15) is 16.8 Å². The van der Waals surface area contributed by atoms with Crippen LogP contribution >= 0.6 is 0 Å². The van der Waals surface area contributed by atoms with E-state index in [1.54, 1.807) is 0 Å². The molecular formula is C12H12FNO4. The largest absolute Gasteiger partial charge is 0.478 e. The Kier molecular flexibility index (Phi) is 3.57. The van der Waals surface area contributed by atoms with Crippen LogP contribution < -0.4 is 5.32 Å². The van der Waals surface area contributed by atoms with Crippen molar-refractivity contribution in [1.29, 1.82) is 0 Å². The Balaban J connectivity index is 2.07. The maximum Gasteiger partial charge on any atom is 0.338 e. The average Bonchev–Trinajstić information content (AvgIpc) is 2.81. The van der Waals surface area contributed by atoms with Gasteiger partial charge < -0.3 is 15.2 Å². The minimum atomic E-state index is -1.34. The van der Waals surface area contributed by atoms with Crippen LogP contribution in [0.2, 0.25) is 0 Å². The number of nitrogens with one attached hydrogen (secondary N) is 1. The van der Waals surface area contributed by atoms with Gasteiger partial charge in [0.25, 0.3) is 0 Å². The quantitative estimate of drug-likeness (QED) is 0.855. The Labute approximate surface area is 103 Å². The molecule has 1 unspecified atom stereocenters. The van der Waals surface area contributed by atoms with E-state index in [0.29, 0.717) is 19.6 Å². The smallest absolute Gasteiger partial charge is 0.338 e. The van der Waals surface area contributed by atoms with Gasteiger partial charge in [-0.2, -0.15) is 0 Å². The summed E-state index contributed by atoms with van der Waals surface area (Å²) in [6.07, 6.45) is 0.640. The molecule has 0 saturated carbocycles. The number of carboxylic acid groups (broad SMARTS) is 1. The van der Waals surface area contributed by atoms with E-state index in [-0.39, 0.29) is 17.5 Å². The molecule has 0 radical (unpaired) electrons. The summed E-state index contributed by atoms with van der Waals surface area (Å²) < 4.78 is 18.4. The summed E-state index contributed by atoms with van der Waals surface area (Å²) in [4.78, 5) is 22.3. The molecule has 1 heterocycles. The highest BCUT2D eigenvalue weighted by molar-refractivity contribution is 5.94. The van der Waals surface area contributed by atoms with Crippen molar-refractivity contribution >= 4 is 17.6 Å². The van der Waals surface area contributed by atoms with Crippen molar-refractivity contribution in [2.45, 2.75) is 6.42 Å². The maximum atomic E-state index is 13.4. The second-order valence-electron chi connectivity index (χ2n) is 4.05. The van der Waals surface area contributed by atoms with Gasteiger partial charge in [-0.1, -0.05) is 0 Å². The highest BCUT2D eigenvalue weighted by Gasteiger charge is 2.23. The molecule has 1 aromatic carbocycles. The van der Waals surface area contributed by atoms with E-state index in [9.17, 15) is 14.0 Å². The minimum Gasteiger partial charge on any atom is -0.478 e. The first-order chi connectivity index (χ1) is 8.58. The number of carbonyl (C=O) groups is 2. The second-order valence-corrected chi connectivity index (χ2v) is 4.05. The zero-order valence-electron chi connectivity index (χ0n) is 9.48. The number of anilines is 1. The van der Waals surface area contributed by atoms with Gasteiger partial charge in [-0.15, -0.1) is 0 Å². The van der Waals surface area contributed by atoms with E-state index < -0.39 is 17.3 Å². The minimum absolute atomic E-state index is 0.229. The standard InChI is InChI=1S/C12H12FNO4/c13-10-5-8(1-2-9(10)12(16)17)14-11(15)7-3-4-18-6-7/h1-2,5,7H,3-4,6H2,(H,14,15)(H,16,17). The first kappa shape index (κ1) is 12.5. The third kappa shape index (κ3) is 2.65. The van der Waals surface area contributed by atoms with Crippen molar-refractivity contribution in [3.05, 3.63) is 29.6 Å². The van der Waals surface area contributed by atoms with Crippen LogP contribution in [0.15, 0.2) is 18.2 Å². The average molecular weight is 253 g/mol. The van der Waals surface area contributed by atoms with Gasteiger partial charge >= 0.3 is 5.97 Å². The monoisotopic (exact) mass is 253 g/mol. The molecule has 96 valence electrons. The van der Waals surface area contributed by atoms with Crippen LogP contribution in [0.4, 0.5) is 10.1 Å². The van der Waals surface area contributed by atoms with Crippen molar-refractivity contribution in [3.8, 4) is 0 Å². The summed E-state index contributed by atoms with van der Waals surface area (Å²) in [5.41, 5.74) is -0.174.